The number of aliphatic hydroxyl groups is 1. The van der Waals surface area contributed by atoms with Crippen LogP contribution >= 0.6 is 0 Å². The maximum Gasteiger partial charge on any atom is 0.341 e. The molecule has 32 heavy (non-hydrogen) atoms. The van der Waals surface area contributed by atoms with Crippen LogP contribution in [0.2, 0.25) is 0 Å². The highest BCUT2D eigenvalue weighted by atomic mass is 19.1. The number of carbonyl (C=O) groups is 1. The van der Waals surface area contributed by atoms with E-state index in [0.29, 0.717) is 36.8 Å². The van der Waals surface area contributed by atoms with Crippen molar-refractivity contribution in [2.75, 3.05) is 44.8 Å². The second-order valence-electron chi connectivity index (χ2n) is 9.09. The molecule has 1 aliphatic carbocycles. The van der Waals surface area contributed by atoms with E-state index in [1.165, 1.54) is 19.4 Å². The molecule has 2 saturated heterocycles. The Morgan fingerprint density at radius 1 is 1.28 bits per heavy atom. The molecule has 5 rings (SSSR count). The highest BCUT2D eigenvalue weighted by Crippen LogP contribution is 2.45. The average molecular weight is 445 g/mol. The largest absolute Gasteiger partial charge is 0.492 e. The lowest BCUT2D eigenvalue weighted by Crippen LogP contribution is -2.46. The molecule has 2 N–H and O–H groups in total. The summed E-state index contributed by atoms with van der Waals surface area (Å²) in [6.45, 7) is 2.91. The van der Waals surface area contributed by atoms with Crippen LogP contribution in [-0.2, 0) is 0 Å². The summed E-state index contributed by atoms with van der Waals surface area (Å²) in [4.78, 5) is 28.8. The Hall–Kier alpha value is -2.65. The Kier molecular flexibility index (Phi) is 5.33. The third-order valence-corrected chi connectivity index (χ3v) is 7.17. The van der Waals surface area contributed by atoms with Crippen LogP contribution in [-0.4, -0.2) is 71.6 Å². The quantitative estimate of drug-likeness (QED) is 0.703. The second kappa shape index (κ2) is 8.04. The minimum atomic E-state index is -1.32. The zero-order valence-electron chi connectivity index (χ0n) is 18.1. The molecule has 0 radical (unpaired) electrons. The number of hydrogen-bond acceptors (Lipinski definition) is 6. The van der Waals surface area contributed by atoms with E-state index in [2.05, 4.69) is 4.90 Å². The van der Waals surface area contributed by atoms with E-state index in [9.17, 15) is 19.8 Å². The molecular formula is C23H28FN3O5. The Labute approximate surface area is 184 Å². The number of benzene rings is 1. The molecule has 1 aromatic carbocycles. The van der Waals surface area contributed by atoms with E-state index in [1.807, 2.05) is 4.90 Å². The number of rotatable bonds is 6. The van der Waals surface area contributed by atoms with Gasteiger partial charge in [-0.05, 0) is 44.2 Å². The third kappa shape index (κ3) is 3.34. The van der Waals surface area contributed by atoms with Crippen molar-refractivity contribution < 1.29 is 24.1 Å². The first-order valence-corrected chi connectivity index (χ1v) is 11.2. The molecule has 3 heterocycles. The fraction of sp³-hybridized carbons (Fsp3) is 0.565. The maximum absolute atomic E-state index is 15.5. The number of methoxy groups -OCH3 is 1. The van der Waals surface area contributed by atoms with Crippen LogP contribution in [0, 0.1) is 11.7 Å². The van der Waals surface area contributed by atoms with Crippen molar-refractivity contribution in [1.29, 1.82) is 0 Å². The van der Waals surface area contributed by atoms with Gasteiger partial charge >= 0.3 is 5.97 Å². The molecule has 2 atom stereocenters. The number of carboxylic acids is 1. The van der Waals surface area contributed by atoms with Gasteiger partial charge in [0.05, 0.1) is 24.6 Å². The van der Waals surface area contributed by atoms with Crippen molar-refractivity contribution in [3.05, 3.63) is 33.9 Å². The molecule has 1 saturated carbocycles. The second-order valence-corrected chi connectivity index (χ2v) is 9.09. The number of aromatic carboxylic acids is 1. The van der Waals surface area contributed by atoms with E-state index < -0.39 is 17.2 Å². The first-order chi connectivity index (χ1) is 15.4. The molecule has 0 spiro atoms. The first-order valence-electron chi connectivity index (χ1n) is 11.2. The molecule has 0 unspecified atom stereocenters. The monoisotopic (exact) mass is 445 g/mol. The maximum atomic E-state index is 15.5. The van der Waals surface area contributed by atoms with Crippen molar-refractivity contribution in [1.82, 2.24) is 9.47 Å². The van der Waals surface area contributed by atoms with Gasteiger partial charge in [0, 0.05) is 37.9 Å². The number of aliphatic hydroxyl groups excluding tert-OH is 1. The molecule has 8 nitrogen and oxygen atoms in total. The first kappa shape index (κ1) is 21.2. The SMILES string of the molecule is COc1c(N2C[C@@H]3CCCN(CCO)[C@@H]3C2)c(F)cc2c(=O)c(C(=O)O)cn(C3CC3)c12. The van der Waals surface area contributed by atoms with Crippen molar-refractivity contribution >= 4 is 22.6 Å². The Balaban J connectivity index is 1.66. The molecule has 9 heteroatoms. The van der Waals surface area contributed by atoms with E-state index in [0.717, 1.165) is 32.2 Å². The summed E-state index contributed by atoms with van der Waals surface area (Å²) in [6.07, 6.45) is 5.22. The lowest BCUT2D eigenvalue weighted by Gasteiger charge is -2.36. The van der Waals surface area contributed by atoms with Crippen LogP contribution < -0.4 is 15.1 Å². The van der Waals surface area contributed by atoms with Crippen LogP contribution in [0.25, 0.3) is 10.9 Å². The van der Waals surface area contributed by atoms with Gasteiger partial charge in [0.25, 0.3) is 0 Å². The van der Waals surface area contributed by atoms with Gasteiger partial charge in [-0.1, -0.05) is 0 Å². The summed E-state index contributed by atoms with van der Waals surface area (Å²) in [5.41, 5.74) is -0.262. The normalized spacial score (nSPS) is 23.5. The lowest BCUT2D eigenvalue weighted by atomic mass is 9.92. The number of nitrogens with zero attached hydrogens (tertiary/aromatic N) is 3. The number of halogens is 1. The molecule has 2 aliphatic heterocycles. The summed E-state index contributed by atoms with van der Waals surface area (Å²) in [7, 11) is 1.46. The van der Waals surface area contributed by atoms with E-state index in [1.54, 1.807) is 4.57 Å². The molecule has 2 aromatic rings. The standard InChI is InChI=1S/C23H28FN3O5/c1-32-22-19-15(21(29)16(23(30)31)11-27(19)14-4-5-14)9-17(24)20(22)26-10-13-3-2-6-25(7-8-28)18(13)12-26/h9,11,13-14,18,28H,2-8,10,12H2,1H3,(H,30,31)/t13-,18+/m0/s1. The number of anilines is 1. The minimum absolute atomic E-state index is 0.0356. The number of likely N-dealkylation sites (tertiary alicyclic amines) is 1. The lowest BCUT2D eigenvalue weighted by molar-refractivity contribution is 0.0694. The van der Waals surface area contributed by atoms with Gasteiger partial charge in [0.2, 0.25) is 5.43 Å². The Morgan fingerprint density at radius 3 is 2.72 bits per heavy atom. The van der Waals surface area contributed by atoms with Gasteiger partial charge in [-0.3, -0.25) is 9.69 Å². The van der Waals surface area contributed by atoms with Crippen molar-refractivity contribution in [3.63, 3.8) is 0 Å². The highest BCUT2D eigenvalue weighted by Gasteiger charge is 2.41. The van der Waals surface area contributed by atoms with Gasteiger partial charge in [-0.15, -0.1) is 0 Å². The number of β-amino-alcohol motifs (C(OH)–C–C–N with tert-alkyl or cyclic N) is 1. The van der Waals surface area contributed by atoms with Crippen molar-refractivity contribution in [3.8, 4) is 5.75 Å². The molecule has 0 amide bonds. The molecule has 3 fully saturated rings. The predicted octanol–water partition coefficient (Wildman–Crippen LogP) is 2.08. The average Bonchev–Trinajstić information content (AvgIpc) is 3.52. The van der Waals surface area contributed by atoms with E-state index in [-0.39, 0.29) is 35.4 Å². The number of aromatic nitrogens is 1. The third-order valence-electron chi connectivity index (χ3n) is 7.17. The van der Waals surface area contributed by atoms with Crippen LogP contribution in [0.15, 0.2) is 17.1 Å². The van der Waals surface area contributed by atoms with E-state index in [4.69, 9.17) is 4.74 Å². The van der Waals surface area contributed by atoms with Crippen LogP contribution in [0.5, 0.6) is 5.75 Å². The number of pyridine rings is 1. The zero-order valence-corrected chi connectivity index (χ0v) is 18.1. The van der Waals surface area contributed by atoms with Gasteiger partial charge in [0.1, 0.15) is 11.3 Å². The Bertz CT molecular complexity index is 1130. The van der Waals surface area contributed by atoms with Crippen molar-refractivity contribution in [2.45, 2.75) is 37.8 Å². The van der Waals surface area contributed by atoms with Gasteiger partial charge in [-0.25, -0.2) is 9.18 Å². The molecule has 172 valence electrons. The Morgan fingerprint density at radius 2 is 2.06 bits per heavy atom. The summed E-state index contributed by atoms with van der Waals surface area (Å²) in [5, 5.41) is 19.0. The summed E-state index contributed by atoms with van der Waals surface area (Å²) in [5.74, 6) is -1.24. The minimum Gasteiger partial charge on any atom is -0.492 e. The van der Waals surface area contributed by atoms with Crippen LogP contribution in [0.3, 0.4) is 0 Å². The molecular weight excluding hydrogens is 417 g/mol. The topological polar surface area (TPSA) is 95.2 Å². The number of ether oxygens (including phenoxy) is 1. The zero-order chi connectivity index (χ0) is 22.6. The number of piperidine rings is 1. The number of hydrogen-bond donors (Lipinski definition) is 2. The smallest absolute Gasteiger partial charge is 0.341 e. The van der Waals surface area contributed by atoms with Crippen LogP contribution in [0.4, 0.5) is 10.1 Å². The molecule has 0 bridgehead atoms. The van der Waals surface area contributed by atoms with E-state index >= 15 is 4.39 Å². The fourth-order valence-electron chi connectivity index (χ4n) is 5.59. The van der Waals surface area contributed by atoms with Gasteiger partial charge < -0.3 is 24.4 Å². The summed E-state index contributed by atoms with van der Waals surface area (Å²) >= 11 is 0. The fourth-order valence-corrected chi connectivity index (χ4v) is 5.59. The van der Waals surface area contributed by atoms with Gasteiger partial charge in [0.15, 0.2) is 11.6 Å². The predicted molar refractivity (Wildman–Crippen MR) is 117 cm³/mol. The summed E-state index contributed by atoms with van der Waals surface area (Å²) in [6, 6.07) is 1.48. The molecule has 3 aliphatic rings. The molecule has 1 aromatic heterocycles. The van der Waals surface area contributed by atoms with Crippen LogP contribution in [0.1, 0.15) is 42.1 Å². The van der Waals surface area contributed by atoms with Gasteiger partial charge in [-0.2, -0.15) is 0 Å². The number of carboxylic acid groups (broad SMARTS) is 1. The van der Waals surface area contributed by atoms with Crippen molar-refractivity contribution in [2.24, 2.45) is 5.92 Å². The number of fused-ring (bicyclic) bond motifs is 2. The highest BCUT2D eigenvalue weighted by molar-refractivity contribution is 5.97. The summed E-state index contributed by atoms with van der Waals surface area (Å²) < 4.78 is 23.0.